The Labute approximate surface area is 122 Å². The summed E-state index contributed by atoms with van der Waals surface area (Å²) in [7, 11) is 0. The molecule has 0 saturated heterocycles. The zero-order valence-corrected chi connectivity index (χ0v) is 12.0. The third-order valence-electron chi connectivity index (χ3n) is 2.56. The van der Waals surface area contributed by atoms with Crippen molar-refractivity contribution in [2.45, 2.75) is 6.92 Å². The number of esters is 1. The molecule has 7 heteroatoms. The molecule has 2 rings (SSSR count). The maximum atomic E-state index is 12.0. The molecule has 0 amide bonds. The van der Waals surface area contributed by atoms with E-state index >= 15 is 0 Å². The summed E-state index contributed by atoms with van der Waals surface area (Å²) in [5.41, 5.74) is 0.600. The van der Waals surface area contributed by atoms with Gasteiger partial charge in [0.2, 0.25) is 0 Å². The second kappa shape index (κ2) is 5.79. The summed E-state index contributed by atoms with van der Waals surface area (Å²) in [4.78, 5) is 26.1. The minimum atomic E-state index is -0.600. The fourth-order valence-electron chi connectivity index (χ4n) is 1.59. The predicted octanol–water partition coefficient (Wildman–Crippen LogP) is 3.28. The van der Waals surface area contributed by atoms with E-state index in [0.717, 1.165) is 0 Å². The lowest BCUT2D eigenvalue weighted by atomic mass is 10.1. The Morgan fingerprint density at radius 2 is 2.15 bits per heavy atom. The molecule has 2 aromatic rings. The maximum absolute atomic E-state index is 12.0. The van der Waals surface area contributed by atoms with Gasteiger partial charge in [-0.1, -0.05) is 0 Å². The number of aryl methyl sites for hydroxylation is 1. The molecule has 1 aromatic carbocycles. The summed E-state index contributed by atoms with van der Waals surface area (Å²) in [6, 6.07) is 7.29. The molecule has 0 unspecified atom stereocenters. The van der Waals surface area contributed by atoms with E-state index in [1.54, 1.807) is 25.3 Å². The number of aromatic nitrogens is 1. The molecule has 0 bridgehead atoms. The third kappa shape index (κ3) is 3.00. The molecular formula is C13H9BrN2O4. The molecule has 6 nitrogen and oxygen atoms in total. The van der Waals surface area contributed by atoms with Gasteiger partial charge in [0.15, 0.2) is 5.75 Å². The number of hydrogen-bond acceptors (Lipinski definition) is 5. The van der Waals surface area contributed by atoms with Crippen LogP contribution in [0.4, 0.5) is 5.69 Å². The first kappa shape index (κ1) is 14.1. The Morgan fingerprint density at radius 3 is 2.75 bits per heavy atom. The SMILES string of the molecule is Cc1cc(C(=O)Oc2cccnc2Br)ccc1[N+](=O)[O-]. The fraction of sp³-hybridized carbons (Fsp3) is 0.0769. The van der Waals surface area contributed by atoms with E-state index in [1.807, 2.05) is 0 Å². The van der Waals surface area contributed by atoms with Gasteiger partial charge >= 0.3 is 5.97 Å². The quantitative estimate of drug-likeness (QED) is 0.371. The van der Waals surface area contributed by atoms with Crippen LogP contribution >= 0.6 is 15.9 Å². The van der Waals surface area contributed by atoms with Gasteiger partial charge in [0.1, 0.15) is 4.60 Å². The van der Waals surface area contributed by atoms with Crippen molar-refractivity contribution >= 4 is 27.6 Å². The van der Waals surface area contributed by atoms with E-state index in [1.165, 1.54) is 18.2 Å². The number of carbonyl (C=O) groups is 1. The van der Waals surface area contributed by atoms with E-state index in [4.69, 9.17) is 4.74 Å². The number of nitro benzene ring substituents is 1. The van der Waals surface area contributed by atoms with Gasteiger partial charge in [0.25, 0.3) is 5.69 Å². The minimum absolute atomic E-state index is 0.0379. The lowest BCUT2D eigenvalue weighted by Gasteiger charge is -2.06. The molecule has 102 valence electrons. The van der Waals surface area contributed by atoms with Crippen molar-refractivity contribution in [3.8, 4) is 5.75 Å². The van der Waals surface area contributed by atoms with E-state index in [2.05, 4.69) is 20.9 Å². The van der Waals surface area contributed by atoms with Gasteiger partial charge in [-0.05, 0) is 47.1 Å². The van der Waals surface area contributed by atoms with Gasteiger partial charge in [-0.3, -0.25) is 10.1 Å². The molecule has 0 aliphatic carbocycles. The molecule has 0 aliphatic rings. The number of halogens is 1. The Morgan fingerprint density at radius 1 is 1.40 bits per heavy atom. The van der Waals surface area contributed by atoms with Crippen LogP contribution in [0.5, 0.6) is 5.75 Å². The first-order valence-electron chi connectivity index (χ1n) is 5.57. The lowest BCUT2D eigenvalue weighted by Crippen LogP contribution is -2.09. The Hall–Kier alpha value is -2.28. The Kier molecular flexibility index (Phi) is 4.09. The van der Waals surface area contributed by atoms with E-state index < -0.39 is 10.9 Å². The maximum Gasteiger partial charge on any atom is 0.343 e. The van der Waals surface area contributed by atoms with E-state index in [9.17, 15) is 14.9 Å². The fourth-order valence-corrected chi connectivity index (χ4v) is 1.92. The summed E-state index contributed by atoms with van der Waals surface area (Å²) < 4.78 is 5.58. The van der Waals surface area contributed by atoms with Crippen LogP contribution in [0, 0.1) is 17.0 Å². The summed E-state index contributed by atoms with van der Waals surface area (Å²) in [6.45, 7) is 1.56. The highest BCUT2D eigenvalue weighted by Crippen LogP contribution is 2.24. The topological polar surface area (TPSA) is 82.3 Å². The highest BCUT2D eigenvalue weighted by molar-refractivity contribution is 9.10. The van der Waals surface area contributed by atoms with Crippen LogP contribution in [0.1, 0.15) is 15.9 Å². The standard InChI is InChI=1S/C13H9BrN2O4/c1-8-7-9(4-5-10(8)16(18)19)13(17)20-11-3-2-6-15-12(11)14/h2-7H,1H3. The van der Waals surface area contributed by atoms with Gasteiger partial charge in [-0.2, -0.15) is 0 Å². The molecule has 0 radical (unpaired) electrons. The van der Waals surface area contributed by atoms with Crippen molar-refractivity contribution < 1.29 is 14.5 Å². The summed E-state index contributed by atoms with van der Waals surface area (Å²) in [5.74, 6) is -0.315. The number of rotatable bonds is 3. The number of ether oxygens (including phenoxy) is 1. The van der Waals surface area contributed by atoms with Crippen LogP contribution < -0.4 is 4.74 Å². The first-order valence-corrected chi connectivity index (χ1v) is 6.36. The average Bonchev–Trinajstić information content (AvgIpc) is 2.40. The van der Waals surface area contributed by atoms with Crippen molar-refractivity contribution in [2.24, 2.45) is 0 Å². The monoisotopic (exact) mass is 336 g/mol. The number of pyridine rings is 1. The van der Waals surface area contributed by atoms with Crippen LogP contribution in [0.15, 0.2) is 41.1 Å². The molecule has 0 aliphatic heterocycles. The molecule has 0 spiro atoms. The molecule has 1 heterocycles. The number of carbonyl (C=O) groups excluding carboxylic acids is 1. The molecule has 20 heavy (non-hydrogen) atoms. The van der Waals surface area contributed by atoms with E-state index in [0.29, 0.717) is 10.2 Å². The highest BCUT2D eigenvalue weighted by atomic mass is 79.9. The van der Waals surface area contributed by atoms with Crippen LogP contribution in [0.2, 0.25) is 0 Å². The van der Waals surface area contributed by atoms with Gasteiger partial charge < -0.3 is 4.74 Å². The lowest BCUT2D eigenvalue weighted by molar-refractivity contribution is -0.385. The van der Waals surface area contributed by atoms with Gasteiger partial charge in [0, 0.05) is 17.8 Å². The molecule has 0 atom stereocenters. The van der Waals surface area contributed by atoms with Crippen molar-refractivity contribution in [1.29, 1.82) is 0 Å². The van der Waals surface area contributed by atoms with Crippen molar-refractivity contribution in [1.82, 2.24) is 4.98 Å². The molecule has 1 aromatic heterocycles. The van der Waals surface area contributed by atoms with Crippen molar-refractivity contribution in [3.63, 3.8) is 0 Å². The van der Waals surface area contributed by atoms with Gasteiger partial charge in [-0.15, -0.1) is 0 Å². The zero-order chi connectivity index (χ0) is 14.7. The van der Waals surface area contributed by atoms with Crippen molar-refractivity contribution in [3.05, 3.63) is 62.4 Å². The highest BCUT2D eigenvalue weighted by Gasteiger charge is 2.16. The summed E-state index contributed by atoms with van der Waals surface area (Å²) in [6.07, 6.45) is 1.55. The number of hydrogen-bond donors (Lipinski definition) is 0. The average molecular weight is 337 g/mol. The predicted molar refractivity (Wildman–Crippen MR) is 74.7 cm³/mol. The zero-order valence-electron chi connectivity index (χ0n) is 10.4. The van der Waals surface area contributed by atoms with Crippen LogP contribution in [-0.2, 0) is 0 Å². The van der Waals surface area contributed by atoms with Crippen molar-refractivity contribution in [2.75, 3.05) is 0 Å². The van der Waals surface area contributed by atoms with Gasteiger partial charge in [-0.25, -0.2) is 9.78 Å². The van der Waals surface area contributed by atoms with Crippen LogP contribution in [-0.4, -0.2) is 15.9 Å². The van der Waals surface area contributed by atoms with E-state index in [-0.39, 0.29) is 17.0 Å². The van der Waals surface area contributed by atoms with Crippen LogP contribution in [0.25, 0.3) is 0 Å². The smallest absolute Gasteiger partial charge is 0.343 e. The Balaban J connectivity index is 2.24. The van der Waals surface area contributed by atoms with Crippen LogP contribution in [0.3, 0.4) is 0 Å². The second-order valence-corrected chi connectivity index (χ2v) is 4.69. The summed E-state index contributed by atoms with van der Waals surface area (Å²) in [5, 5.41) is 10.7. The molecule has 0 N–H and O–H groups in total. The molecule has 0 saturated carbocycles. The van der Waals surface area contributed by atoms with Gasteiger partial charge in [0.05, 0.1) is 10.5 Å². The normalized spacial score (nSPS) is 10.1. The second-order valence-electron chi connectivity index (χ2n) is 3.94. The molecule has 0 fully saturated rings. The number of benzene rings is 1. The Bertz CT molecular complexity index is 688. The summed E-state index contributed by atoms with van der Waals surface area (Å²) >= 11 is 3.16. The third-order valence-corrected chi connectivity index (χ3v) is 3.15. The largest absolute Gasteiger partial charge is 0.420 e. The minimum Gasteiger partial charge on any atom is -0.420 e. The number of nitrogens with zero attached hydrogens (tertiary/aromatic N) is 2. The molecular weight excluding hydrogens is 328 g/mol. The number of nitro groups is 1. The first-order chi connectivity index (χ1) is 9.49.